The molecule has 17 heavy (non-hydrogen) atoms. The van der Waals surface area contributed by atoms with Gasteiger partial charge in [0.1, 0.15) is 4.75 Å². The van der Waals surface area contributed by atoms with E-state index in [1.165, 1.54) is 16.1 Å². The van der Waals surface area contributed by atoms with Gasteiger partial charge >= 0.3 is 0 Å². The molecule has 0 amide bonds. The lowest BCUT2D eigenvalue weighted by atomic mass is 9.99. The standard InChI is InChI=1S/C10H17N3O2S2/c1-16-10(8-11)4-6-13(7-5-10)17(14,15)12-9-2-3-9/h9,12H,2-7H2,1H3. The molecule has 2 aliphatic rings. The predicted octanol–water partition coefficient (Wildman–Crippen LogP) is 0.704. The maximum absolute atomic E-state index is 11.9. The zero-order valence-electron chi connectivity index (χ0n) is 9.85. The average molecular weight is 275 g/mol. The third kappa shape index (κ3) is 2.94. The summed E-state index contributed by atoms with van der Waals surface area (Å²) in [5.74, 6) is 0. The Kier molecular flexibility index (Phi) is 3.69. The topological polar surface area (TPSA) is 73.2 Å². The van der Waals surface area contributed by atoms with Gasteiger partial charge in [-0.15, -0.1) is 11.8 Å². The van der Waals surface area contributed by atoms with Gasteiger partial charge in [-0.25, -0.2) is 0 Å². The molecule has 0 spiro atoms. The second-order valence-corrected chi connectivity index (χ2v) is 7.50. The highest BCUT2D eigenvalue weighted by Gasteiger charge is 2.39. The lowest BCUT2D eigenvalue weighted by Gasteiger charge is -2.35. The second-order valence-electron chi connectivity index (χ2n) is 4.61. The second kappa shape index (κ2) is 4.76. The molecule has 1 heterocycles. The fourth-order valence-electron chi connectivity index (χ4n) is 1.94. The van der Waals surface area contributed by atoms with Crippen molar-refractivity contribution in [1.82, 2.24) is 9.03 Å². The Morgan fingerprint density at radius 3 is 2.41 bits per heavy atom. The minimum atomic E-state index is -3.32. The van der Waals surface area contributed by atoms with Crippen LogP contribution in [0.15, 0.2) is 0 Å². The van der Waals surface area contributed by atoms with E-state index in [9.17, 15) is 8.42 Å². The van der Waals surface area contributed by atoms with E-state index in [0.717, 1.165) is 12.8 Å². The Balaban J connectivity index is 1.96. The molecule has 0 atom stereocenters. The largest absolute Gasteiger partial charge is 0.279 e. The first-order valence-corrected chi connectivity index (χ1v) is 8.42. The molecular formula is C10H17N3O2S2. The van der Waals surface area contributed by atoms with E-state index >= 15 is 0 Å². The van der Waals surface area contributed by atoms with Crippen LogP contribution < -0.4 is 4.72 Å². The molecule has 2 fully saturated rings. The molecule has 2 rings (SSSR count). The van der Waals surface area contributed by atoms with Crippen molar-refractivity contribution in [2.45, 2.75) is 36.5 Å². The SMILES string of the molecule is CSC1(C#N)CCN(S(=O)(=O)NC2CC2)CC1. The number of thioether (sulfide) groups is 1. The molecule has 1 aliphatic heterocycles. The van der Waals surface area contributed by atoms with Crippen molar-refractivity contribution < 1.29 is 8.42 Å². The van der Waals surface area contributed by atoms with Gasteiger partial charge in [0.25, 0.3) is 10.2 Å². The number of rotatable bonds is 4. The van der Waals surface area contributed by atoms with Gasteiger partial charge in [0, 0.05) is 19.1 Å². The first kappa shape index (κ1) is 13.1. The van der Waals surface area contributed by atoms with Gasteiger partial charge < -0.3 is 0 Å². The highest BCUT2D eigenvalue weighted by molar-refractivity contribution is 8.00. The Bertz CT molecular complexity index is 417. The molecule has 0 aromatic heterocycles. The first-order valence-electron chi connectivity index (χ1n) is 5.75. The van der Waals surface area contributed by atoms with Gasteiger partial charge in [0.05, 0.1) is 6.07 Å². The van der Waals surface area contributed by atoms with Crippen molar-refractivity contribution in [3.05, 3.63) is 0 Å². The third-order valence-electron chi connectivity index (χ3n) is 3.36. The van der Waals surface area contributed by atoms with Crippen LogP contribution in [0.3, 0.4) is 0 Å². The normalized spacial score (nSPS) is 25.4. The summed E-state index contributed by atoms with van der Waals surface area (Å²) in [6.45, 7) is 0.882. The lowest BCUT2D eigenvalue weighted by molar-refractivity contribution is 0.323. The third-order valence-corrected chi connectivity index (χ3v) is 6.31. The van der Waals surface area contributed by atoms with Crippen molar-refractivity contribution in [2.24, 2.45) is 0 Å². The van der Waals surface area contributed by atoms with Crippen LogP contribution in [0, 0.1) is 11.3 Å². The monoisotopic (exact) mass is 275 g/mol. The van der Waals surface area contributed by atoms with Crippen LogP contribution in [0.5, 0.6) is 0 Å². The van der Waals surface area contributed by atoms with Gasteiger partial charge in [0.2, 0.25) is 0 Å². The summed E-state index contributed by atoms with van der Waals surface area (Å²) in [5, 5.41) is 9.13. The average Bonchev–Trinajstić information content (AvgIpc) is 3.12. The van der Waals surface area contributed by atoms with Crippen LogP contribution >= 0.6 is 11.8 Å². The molecule has 1 saturated carbocycles. The van der Waals surface area contributed by atoms with Gasteiger partial charge in [-0.3, -0.25) is 0 Å². The zero-order valence-corrected chi connectivity index (χ0v) is 11.5. The van der Waals surface area contributed by atoms with E-state index in [2.05, 4.69) is 10.8 Å². The molecule has 0 radical (unpaired) electrons. The minimum absolute atomic E-state index is 0.142. The van der Waals surface area contributed by atoms with Crippen LogP contribution in [0.4, 0.5) is 0 Å². The van der Waals surface area contributed by atoms with E-state index < -0.39 is 15.0 Å². The highest BCUT2D eigenvalue weighted by Crippen LogP contribution is 2.34. The Labute approximate surface area is 107 Å². The Morgan fingerprint density at radius 2 is 2.00 bits per heavy atom. The van der Waals surface area contributed by atoms with Gasteiger partial charge in [-0.1, -0.05) is 0 Å². The molecule has 7 heteroatoms. The van der Waals surface area contributed by atoms with Gasteiger partial charge in [0.15, 0.2) is 0 Å². The minimum Gasteiger partial charge on any atom is -0.199 e. The molecule has 96 valence electrons. The molecule has 0 bridgehead atoms. The van der Waals surface area contributed by atoms with Crippen LogP contribution in [0.25, 0.3) is 0 Å². The number of nitrogens with one attached hydrogen (secondary N) is 1. The number of nitrogens with zero attached hydrogens (tertiary/aromatic N) is 2. The van der Waals surface area contributed by atoms with Crippen LogP contribution in [-0.4, -0.2) is 42.9 Å². The van der Waals surface area contributed by atoms with Crippen LogP contribution in [-0.2, 0) is 10.2 Å². The molecule has 5 nitrogen and oxygen atoms in total. The molecule has 1 aliphatic carbocycles. The summed E-state index contributed by atoms with van der Waals surface area (Å²) < 4.78 is 27.6. The van der Waals surface area contributed by atoms with E-state index in [-0.39, 0.29) is 6.04 Å². The van der Waals surface area contributed by atoms with E-state index in [0.29, 0.717) is 25.9 Å². The van der Waals surface area contributed by atoms with E-state index in [1.807, 2.05) is 6.26 Å². The first-order chi connectivity index (χ1) is 8.01. The van der Waals surface area contributed by atoms with E-state index in [4.69, 9.17) is 5.26 Å². The quantitative estimate of drug-likeness (QED) is 0.820. The van der Waals surface area contributed by atoms with Gasteiger partial charge in [-0.05, 0) is 31.9 Å². The summed E-state index contributed by atoms with van der Waals surface area (Å²) in [6.07, 6.45) is 5.02. The Morgan fingerprint density at radius 1 is 1.41 bits per heavy atom. The maximum atomic E-state index is 11.9. The van der Waals surface area contributed by atoms with Crippen molar-refractivity contribution in [1.29, 1.82) is 5.26 Å². The maximum Gasteiger partial charge on any atom is 0.279 e. The van der Waals surface area contributed by atoms with Crippen molar-refractivity contribution in [3.63, 3.8) is 0 Å². The van der Waals surface area contributed by atoms with Crippen molar-refractivity contribution in [2.75, 3.05) is 19.3 Å². The summed E-state index contributed by atoms with van der Waals surface area (Å²) in [6, 6.07) is 2.46. The number of piperidine rings is 1. The fraction of sp³-hybridized carbons (Fsp3) is 0.900. The molecule has 0 aromatic carbocycles. The predicted molar refractivity (Wildman–Crippen MR) is 67.7 cm³/mol. The zero-order chi connectivity index (χ0) is 12.5. The molecule has 1 saturated heterocycles. The molecule has 0 unspecified atom stereocenters. The summed E-state index contributed by atoms with van der Waals surface area (Å²) in [4.78, 5) is 0. The van der Waals surface area contributed by atoms with Crippen molar-refractivity contribution >= 4 is 22.0 Å². The fourth-order valence-corrected chi connectivity index (χ4v) is 4.09. The number of hydrogen-bond acceptors (Lipinski definition) is 4. The van der Waals surface area contributed by atoms with E-state index in [1.54, 1.807) is 0 Å². The smallest absolute Gasteiger partial charge is 0.199 e. The summed E-state index contributed by atoms with van der Waals surface area (Å²) >= 11 is 1.53. The van der Waals surface area contributed by atoms with Crippen molar-refractivity contribution in [3.8, 4) is 6.07 Å². The summed E-state index contributed by atoms with van der Waals surface area (Å²) in [5.41, 5.74) is 0. The van der Waals surface area contributed by atoms with Gasteiger partial charge in [-0.2, -0.15) is 22.7 Å². The summed E-state index contributed by atoms with van der Waals surface area (Å²) in [7, 11) is -3.32. The molecule has 0 aromatic rings. The van der Waals surface area contributed by atoms with Crippen LogP contribution in [0.2, 0.25) is 0 Å². The molecular weight excluding hydrogens is 258 g/mol. The number of hydrogen-bond donors (Lipinski definition) is 1. The highest BCUT2D eigenvalue weighted by atomic mass is 32.2. The molecule has 1 N–H and O–H groups in total. The number of nitriles is 1. The lowest BCUT2D eigenvalue weighted by Crippen LogP contribution is -2.49. The Hall–Kier alpha value is -0.290. The van der Waals surface area contributed by atoms with Crippen LogP contribution in [0.1, 0.15) is 25.7 Å².